The Kier molecular flexibility index (Phi) is 3.84. The van der Waals surface area contributed by atoms with Crippen LogP contribution in [0.1, 0.15) is 10.4 Å². The highest BCUT2D eigenvalue weighted by molar-refractivity contribution is 6.08. The Bertz CT molecular complexity index is 718. The summed E-state index contributed by atoms with van der Waals surface area (Å²) in [7, 11) is 1.41. The fourth-order valence-corrected chi connectivity index (χ4v) is 1.84. The molecule has 2 aromatic rings. The molecular weight excluding hydrogens is 279 g/mol. The third-order valence-corrected chi connectivity index (χ3v) is 2.91. The number of benzene rings is 2. The lowest BCUT2D eigenvalue weighted by molar-refractivity contribution is -0.385. The van der Waals surface area contributed by atoms with E-state index in [0.29, 0.717) is 11.8 Å². The van der Waals surface area contributed by atoms with Crippen LogP contribution in [0.5, 0.6) is 5.75 Å². The number of carbonyl (C=O) groups excluding carboxylic acids is 1. The summed E-state index contributed by atoms with van der Waals surface area (Å²) in [5, 5.41) is 20.3. The molecule has 0 aromatic heterocycles. The minimum Gasteiger partial charge on any atom is -0.508 e. The second kappa shape index (κ2) is 5.58. The number of phenols is 1. The number of nitro benzene ring substituents is 1. The number of amides is 1. The summed E-state index contributed by atoms with van der Waals surface area (Å²) in [6, 6.07) is 8.62. The minimum atomic E-state index is -0.813. The first-order valence-electron chi connectivity index (χ1n) is 5.91. The van der Waals surface area contributed by atoms with Crippen LogP contribution >= 0.6 is 0 Å². The molecule has 2 rings (SSSR count). The molecule has 0 spiro atoms. The van der Waals surface area contributed by atoms with Crippen LogP contribution in [-0.4, -0.2) is 23.0 Å². The number of phenolic OH excluding ortho intramolecular Hbond substituents is 1. The third-order valence-electron chi connectivity index (χ3n) is 2.91. The first kappa shape index (κ1) is 14.4. The minimum absolute atomic E-state index is 0.0410. The van der Waals surface area contributed by atoms with Gasteiger partial charge in [0.2, 0.25) is 0 Å². The number of hydrogen-bond acceptors (Lipinski definition) is 4. The van der Waals surface area contributed by atoms with E-state index < -0.39 is 22.3 Å². The van der Waals surface area contributed by atoms with Crippen molar-refractivity contribution in [2.45, 2.75) is 0 Å². The summed E-state index contributed by atoms with van der Waals surface area (Å²) >= 11 is 0. The highest BCUT2D eigenvalue weighted by Crippen LogP contribution is 2.25. The van der Waals surface area contributed by atoms with E-state index in [4.69, 9.17) is 0 Å². The van der Waals surface area contributed by atoms with Gasteiger partial charge in [-0.3, -0.25) is 14.9 Å². The molecule has 0 aliphatic heterocycles. The van der Waals surface area contributed by atoms with Crippen molar-refractivity contribution in [3.8, 4) is 5.75 Å². The Hall–Kier alpha value is -2.96. The van der Waals surface area contributed by atoms with E-state index in [1.165, 1.54) is 25.2 Å². The van der Waals surface area contributed by atoms with Crippen LogP contribution in [-0.2, 0) is 0 Å². The molecular formula is C14H11FN2O4. The van der Waals surface area contributed by atoms with Crippen LogP contribution < -0.4 is 4.90 Å². The van der Waals surface area contributed by atoms with Gasteiger partial charge in [0.15, 0.2) is 0 Å². The van der Waals surface area contributed by atoms with E-state index in [9.17, 15) is 24.4 Å². The van der Waals surface area contributed by atoms with Gasteiger partial charge in [0.1, 0.15) is 17.1 Å². The van der Waals surface area contributed by atoms with Crippen LogP contribution in [0.25, 0.3) is 0 Å². The predicted octanol–water partition coefficient (Wildman–Crippen LogP) is 2.72. The molecule has 0 aliphatic rings. The van der Waals surface area contributed by atoms with Gasteiger partial charge in [-0.15, -0.1) is 0 Å². The molecule has 6 nitrogen and oxygen atoms in total. The maximum absolute atomic E-state index is 13.1. The van der Waals surface area contributed by atoms with Crippen molar-refractivity contribution in [3.05, 3.63) is 64.0 Å². The highest BCUT2D eigenvalue weighted by atomic mass is 19.1. The molecule has 2 aromatic carbocycles. The summed E-state index contributed by atoms with van der Waals surface area (Å²) in [4.78, 5) is 23.6. The quantitative estimate of drug-likeness (QED) is 0.695. The Morgan fingerprint density at radius 1 is 1.29 bits per heavy atom. The lowest BCUT2D eigenvalue weighted by atomic mass is 10.1. The Morgan fingerprint density at radius 2 is 2.00 bits per heavy atom. The fourth-order valence-electron chi connectivity index (χ4n) is 1.84. The molecule has 1 N–H and O–H groups in total. The molecule has 21 heavy (non-hydrogen) atoms. The summed E-state index contributed by atoms with van der Waals surface area (Å²) in [6.45, 7) is 0. The number of carbonyl (C=O) groups is 1. The van der Waals surface area contributed by atoms with Crippen LogP contribution in [0.2, 0.25) is 0 Å². The number of nitro groups is 1. The Balaban J connectivity index is 2.42. The average molecular weight is 290 g/mol. The maximum atomic E-state index is 13.1. The average Bonchev–Trinajstić information content (AvgIpc) is 2.45. The molecule has 0 heterocycles. The van der Waals surface area contributed by atoms with Crippen molar-refractivity contribution in [2.75, 3.05) is 11.9 Å². The first-order valence-corrected chi connectivity index (χ1v) is 5.91. The standard InChI is InChI=1S/C14H11FN2O4/c1-16(10-3-2-4-11(18)8-10)14(19)12-6-5-9(15)7-13(12)17(20)21/h2-8,18H,1H3. The SMILES string of the molecule is CN(C(=O)c1ccc(F)cc1[N+](=O)[O-])c1cccc(O)c1. The van der Waals surface area contributed by atoms with Crippen LogP contribution in [0.4, 0.5) is 15.8 Å². The van der Waals surface area contributed by atoms with Crippen LogP contribution in [0.3, 0.4) is 0 Å². The van der Waals surface area contributed by atoms with Crippen LogP contribution in [0.15, 0.2) is 42.5 Å². The molecule has 0 unspecified atom stereocenters. The van der Waals surface area contributed by atoms with Crippen molar-refractivity contribution in [1.29, 1.82) is 0 Å². The van der Waals surface area contributed by atoms with Gasteiger partial charge in [0.25, 0.3) is 11.6 Å². The Labute approximate surface area is 119 Å². The zero-order valence-corrected chi connectivity index (χ0v) is 11.0. The largest absolute Gasteiger partial charge is 0.508 e. The molecule has 7 heteroatoms. The van der Waals surface area contributed by atoms with Gasteiger partial charge in [-0.05, 0) is 24.3 Å². The summed E-state index contributed by atoms with van der Waals surface area (Å²) in [5.41, 5.74) is -0.474. The number of halogens is 1. The van der Waals surface area contributed by atoms with Crippen molar-refractivity contribution in [3.63, 3.8) is 0 Å². The second-order valence-electron chi connectivity index (χ2n) is 4.30. The van der Waals surface area contributed by atoms with Gasteiger partial charge in [-0.2, -0.15) is 0 Å². The Morgan fingerprint density at radius 3 is 2.62 bits per heavy atom. The molecule has 1 amide bonds. The summed E-state index contributed by atoms with van der Waals surface area (Å²) in [6.07, 6.45) is 0. The topological polar surface area (TPSA) is 83.7 Å². The van der Waals surface area contributed by atoms with Gasteiger partial charge in [0.05, 0.1) is 11.0 Å². The molecule has 0 saturated carbocycles. The van der Waals surface area contributed by atoms with Gasteiger partial charge in [-0.25, -0.2) is 4.39 Å². The molecule has 0 aliphatic carbocycles. The summed E-state index contributed by atoms with van der Waals surface area (Å²) < 4.78 is 13.1. The van der Waals surface area contributed by atoms with Crippen molar-refractivity contribution < 1.29 is 19.2 Å². The van der Waals surface area contributed by atoms with Gasteiger partial charge < -0.3 is 10.0 Å². The molecule has 0 atom stereocenters. The smallest absolute Gasteiger partial charge is 0.285 e. The van der Waals surface area contributed by atoms with E-state index in [1.807, 2.05) is 0 Å². The molecule has 0 saturated heterocycles. The van der Waals surface area contributed by atoms with E-state index in [0.717, 1.165) is 17.0 Å². The molecule has 0 bridgehead atoms. The molecule has 0 fully saturated rings. The van der Waals surface area contributed by atoms with E-state index in [2.05, 4.69) is 0 Å². The van der Waals surface area contributed by atoms with Crippen LogP contribution in [0, 0.1) is 15.9 Å². The second-order valence-corrected chi connectivity index (χ2v) is 4.30. The normalized spacial score (nSPS) is 10.2. The number of aromatic hydroxyl groups is 1. The predicted molar refractivity (Wildman–Crippen MR) is 73.9 cm³/mol. The molecule has 0 radical (unpaired) electrons. The summed E-state index contributed by atoms with van der Waals surface area (Å²) in [5.74, 6) is -1.51. The van der Waals surface area contributed by atoms with Crippen molar-refractivity contribution in [2.24, 2.45) is 0 Å². The zero-order valence-electron chi connectivity index (χ0n) is 11.0. The zero-order chi connectivity index (χ0) is 15.6. The van der Waals surface area contributed by atoms with Gasteiger partial charge in [0, 0.05) is 18.8 Å². The lowest BCUT2D eigenvalue weighted by Gasteiger charge is -2.17. The van der Waals surface area contributed by atoms with E-state index >= 15 is 0 Å². The highest BCUT2D eigenvalue weighted by Gasteiger charge is 2.24. The third kappa shape index (κ3) is 2.97. The van der Waals surface area contributed by atoms with Gasteiger partial charge in [-0.1, -0.05) is 6.07 Å². The van der Waals surface area contributed by atoms with Crippen molar-refractivity contribution >= 4 is 17.3 Å². The number of rotatable bonds is 3. The fraction of sp³-hybridized carbons (Fsp3) is 0.0714. The number of hydrogen-bond donors (Lipinski definition) is 1. The number of nitrogens with zero attached hydrogens (tertiary/aromatic N) is 2. The maximum Gasteiger partial charge on any atom is 0.285 e. The monoisotopic (exact) mass is 290 g/mol. The lowest BCUT2D eigenvalue weighted by Crippen LogP contribution is -2.26. The van der Waals surface area contributed by atoms with Gasteiger partial charge >= 0.3 is 0 Å². The van der Waals surface area contributed by atoms with E-state index in [-0.39, 0.29) is 11.3 Å². The number of anilines is 1. The van der Waals surface area contributed by atoms with E-state index in [1.54, 1.807) is 6.07 Å². The first-order chi connectivity index (χ1) is 9.90. The van der Waals surface area contributed by atoms with Crippen molar-refractivity contribution in [1.82, 2.24) is 0 Å². The molecule has 108 valence electrons.